The molecule has 31 heavy (non-hydrogen) atoms. The molecule has 0 aromatic heterocycles. The Hall–Kier alpha value is -2.97. The number of amides is 1. The number of carbonyl (C=O) groups excluding carboxylic acids is 1. The van der Waals surface area contributed by atoms with E-state index in [1.165, 1.54) is 19.2 Å². The smallest absolute Gasteiger partial charge is 0.264 e. The highest BCUT2D eigenvalue weighted by Gasteiger charge is 2.29. The van der Waals surface area contributed by atoms with E-state index in [2.05, 4.69) is 5.32 Å². The number of ether oxygens (including phenoxy) is 1. The molecule has 0 atom stereocenters. The average molecular weight is 457 g/mol. The van der Waals surface area contributed by atoms with Crippen LogP contribution in [0.25, 0.3) is 0 Å². The van der Waals surface area contributed by atoms with Crippen LogP contribution in [0.15, 0.2) is 82.6 Å². The SMILES string of the molecule is COc1ccccc1N(CC(=O)Nc1cccc(SC)c1)S(=O)(=O)c1ccc(C)cc1. The summed E-state index contributed by atoms with van der Waals surface area (Å²) in [6.07, 6.45) is 1.94. The highest BCUT2D eigenvalue weighted by Crippen LogP contribution is 2.32. The predicted molar refractivity (Wildman–Crippen MR) is 126 cm³/mol. The molecule has 0 unspecified atom stereocenters. The van der Waals surface area contributed by atoms with Crippen molar-refractivity contribution in [2.45, 2.75) is 16.7 Å². The van der Waals surface area contributed by atoms with E-state index in [0.717, 1.165) is 14.8 Å². The second kappa shape index (κ2) is 9.89. The second-order valence-corrected chi connectivity index (χ2v) is 9.52. The summed E-state index contributed by atoms with van der Waals surface area (Å²) in [5, 5.41) is 2.79. The fourth-order valence-corrected chi connectivity index (χ4v) is 4.90. The number of hydrogen-bond donors (Lipinski definition) is 1. The number of aryl methyl sites for hydroxylation is 1. The first-order chi connectivity index (χ1) is 14.8. The molecule has 3 aromatic carbocycles. The maximum absolute atomic E-state index is 13.5. The number of nitrogens with zero attached hydrogens (tertiary/aromatic N) is 1. The molecule has 0 aliphatic rings. The van der Waals surface area contributed by atoms with Crippen LogP contribution in [-0.2, 0) is 14.8 Å². The van der Waals surface area contributed by atoms with Crippen LogP contribution in [0.1, 0.15) is 5.56 Å². The van der Waals surface area contributed by atoms with Gasteiger partial charge in [0.05, 0.1) is 17.7 Å². The van der Waals surface area contributed by atoms with Gasteiger partial charge >= 0.3 is 0 Å². The van der Waals surface area contributed by atoms with Gasteiger partial charge in [-0.3, -0.25) is 9.10 Å². The molecule has 3 rings (SSSR count). The van der Waals surface area contributed by atoms with E-state index in [-0.39, 0.29) is 4.90 Å². The van der Waals surface area contributed by atoms with Crippen LogP contribution in [0.4, 0.5) is 11.4 Å². The maximum atomic E-state index is 13.5. The quantitative estimate of drug-likeness (QED) is 0.503. The zero-order chi connectivity index (χ0) is 22.4. The van der Waals surface area contributed by atoms with Crippen LogP contribution in [0, 0.1) is 6.92 Å². The molecule has 3 aromatic rings. The minimum atomic E-state index is -4.02. The summed E-state index contributed by atoms with van der Waals surface area (Å²) < 4.78 is 33.4. The summed E-state index contributed by atoms with van der Waals surface area (Å²) in [6, 6.07) is 20.6. The van der Waals surface area contributed by atoms with Gasteiger partial charge in [0.15, 0.2) is 0 Å². The van der Waals surface area contributed by atoms with Crippen molar-refractivity contribution < 1.29 is 17.9 Å². The molecular formula is C23H24N2O4S2. The van der Waals surface area contributed by atoms with Crippen molar-refractivity contribution >= 4 is 39.1 Å². The lowest BCUT2D eigenvalue weighted by molar-refractivity contribution is -0.114. The second-order valence-electron chi connectivity index (χ2n) is 6.78. The van der Waals surface area contributed by atoms with Crippen molar-refractivity contribution in [2.24, 2.45) is 0 Å². The van der Waals surface area contributed by atoms with Crippen LogP contribution < -0.4 is 14.4 Å². The zero-order valence-electron chi connectivity index (χ0n) is 17.5. The number of rotatable bonds is 8. The molecule has 8 heteroatoms. The van der Waals surface area contributed by atoms with Crippen molar-refractivity contribution in [1.82, 2.24) is 0 Å². The number of carbonyl (C=O) groups is 1. The Balaban J connectivity index is 1.97. The molecule has 6 nitrogen and oxygen atoms in total. The number of hydrogen-bond acceptors (Lipinski definition) is 5. The summed E-state index contributed by atoms with van der Waals surface area (Å²) in [7, 11) is -2.55. The number of para-hydroxylation sites is 2. The third-order valence-corrected chi connectivity index (χ3v) is 7.10. The molecule has 162 valence electrons. The van der Waals surface area contributed by atoms with Crippen molar-refractivity contribution in [1.29, 1.82) is 0 Å². The zero-order valence-corrected chi connectivity index (χ0v) is 19.2. The molecule has 1 amide bonds. The van der Waals surface area contributed by atoms with Gasteiger partial charge in [-0.1, -0.05) is 35.9 Å². The molecule has 0 saturated heterocycles. The summed E-state index contributed by atoms with van der Waals surface area (Å²) in [6.45, 7) is 1.48. The first-order valence-corrected chi connectivity index (χ1v) is 12.2. The van der Waals surface area contributed by atoms with Gasteiger partial charge in [-0.2, -0.15) is 0 Å². The lowest BCUT2D eigenvalue weighted by atomic mass is 10.2. The summed E-state index contributed by atoms with van der Waals surface area (Å²) in [5.74, 6) is -0.102. The fourth-order valence-electron chi connectivity index (χ4n) is 3.00. The van der Waals surface area contributed by atoms with E-state index >= 15 is 0 Å². The van der Waals surface area contributed by atoms with E-state index in [1.54, 1.807) is 54.2 Å². The Morgan fingerprint density at radius 2 is 1.74 bits per heavy atom. The molecule has 0 aliphatic heterocycles. The number of anilines is 2. The van der Waals surface area contributed by atoms with Gasteiger partial charge in [0.1, 0.15) is 12.3 Å². The normalized spacial score (nSPS) is 11.1. The number of nitrogens with one attached hydrogen (secondary N) is 1. The van der Waals surface area contributed by atoms with Crippen LogP contribution in [0.3, 0.4) is 0 Å². The topological polar surface area (TPSA) is 75.7 Å². The third-order valence-electron chi connectivity index (χ3n) is 4.60. The Morgan fingerprint density at radius 3 is 2.42 bits per heavy atom. The average Bonchev–Trinajstić information content (AvgIpc) is 2.77. The van der Waals surface area contributed by atoms with E-state index in [1.807, 2.05) is 31.4 Å². The first kappa shape index (κ1) is 22.7. The highest BCUT2D eigenvalue weighted by atomic mass is 32.2. The van der Waals surface area contributed by atoms with Crippen LogP contribution >= 0.6 is 11.8 Å². The van der Waals surface area contributed by atoms with Crippen molar-refractivity contribution in [3.8, 4) is 5.75 Å². The molecule has 0 aliphatic carbocycles. The standard InChI is InChI=1S/C23H24N2O4S2/c1-17-11-13-20(14-12-17)31(27,28)25(21-9-4-5-10-22(21)29-2)16-23(26)24-18-7-6-8-19(15-18)30-3/h4-15H,16H2,1-3H3,(H,24,26). The van der Waals surface area contributed by atoms with Gasteiger partial charge < -0.3 is 10.1 Å². The molecule has 0 radical (unpaired) electrons. The fraction of sp³-hybridized carbons (Fsp3) is 0.174. The van der Waals surface area contributed by atoms with Crippen molar-refractivity contribution in [3.63, 3.8) is 0 Å². The molecular weight excluding hydrogens is 432 g/mol. The van der Waals surface area contributed by atoms with E-state index < -0.39 is 22.5 Å². The highest BCUT2D eigenvalue weighted by molar-refractivity contribution is 7.98. The van der Waals surface area contributed by atoms with Crippen LogP contribution in [0.5, 0.6) is 5.75 Å². The maximum Gasteiger partial charge on any atom is 0.264 e. The summed E-state index contributed by atoms with van der Waals surface area (Å²) >= 11 is 1.55. The van der Waals surface area contributed by atoms with Gasteiger partial charge in [-0.15, -0.1) is 11.8 Å². The lowest BCUT2D eigenvalue weighted by Crippen LogP contribution is -2.38. The first-order valence-electron chi connectivity index (χ1n) is 9.51. The third kappa shape index (κ3) is 5.39. The molecule has 0 heterocycles. The minimum absolute atomic E-state index is 0.0983. The lowest BCUT2D eigenvalue weighted by Gasteiger charge is -2.25. The summed E-state index contributed by atoms with van der Waals surface area (Å²) in [4.78, 5) is 14.0. The Bertz CT molecular complexity index is 1160. The Morgan fingerprint density at radius 1 is 1.03 bits per heavy atom. The van der Waals surface area contributed by atoms with Crippen LogP contribution in [-0.4, -0.2) is 34.2 Å². The van der Waals surface area contributed by atoms with Gasteiger partial charge in [-0.25, -0.2) is 8.42 Å². The van der Waals surface area contributed by atoms with Crippen LogP contribution in [0.2, 0.25) is 0 Å². The van der Waals surface area contributed by atoms with Gasteiger partial charge in [0, 0.05) is 10.6 Å². The molecule has 0 bridgehead atoms. The largest absolute Gasteiger partial charge is 0.495 e. The van der Waals surface area contributed by atoms with Crippen molar-refractivity contribution in [2.75, 3.05) is 29.5 Å². The number of thioether (sulfide) groups is 1. The molecule has 0 fully saturated rings. The summed E-state index contributed by atoms with van der Waals surface area (Å²) in [5.41, 5.74) is 1.83. The molecule has 1 N–H and O–H groups in total. The van der Waals surface area contributed by atoms with Gasteiger partial charge in [0.25, 0.3) is 10.0 Å². The van der Waals surface area contributed by atoms with E-state index in [0.29, 0.717) is 17.1 Å². The van der Waals surface area contributed by atoms with Gasteiger partial charge in [0.2, 0.25) is 5.91 Å². The van der Waals surface area contributed by atoms with Gasteiger partial charge in [-0.05, 0) is 55.6 Å². The Kier molecular flexibility index (Phi) is 7.25. The number of methoxy groups -OCH3 is 1. The predicted octanol–water partition coefficient (Wildman–Crippen LogP) is 4.56. The Labute approximate surface area is 187 Å². The van der Waals surface area contributed by atoms with E-state index in [4.69, 9.17) is 4.74 Å². The minimum Gasteiger partial charge on any atom is -0.495 e. The van der Waals surface area contributed by atoms with Crippen molar-refractivity contribution in [3.05, 3.63) is 78.4 Å². The number of sulfonamides is 1. The molecule has 0 saturated carbocycles. The monoisotopic (exact) mass is 456 g/mol. The van der Waals surface area contributed by atoms with E-state index in [9.17, 15) is 13.2 Å². The molecule has 0 spiro atoms. The number of benzene rings is 3.